The van der Waals surface area contributed by atoms with Gasteiger partial charge in [-0.1, -0.05) is 85.0 Å². The minimum absolute atomic E-state index is 0.0178. The standard InChI is InChI=1S/C57H57N9O4/c1-58-54-47-27-30-65(38-50(47)60-53(62-54)45-35-44-11-4-5-14-49(44)59-36-45)56(69)43-23-21-41(22-24-43)20-19-40-17-15-39(16-18-40)9-8-29-64-33-31-63(32-34-64)28-6-2-3-10-42-12-7-13-46-48(42)37-66(57(46)70)51-25-26-52(67)61-55(51)68/h4-5,7,11-24,35-36,51H,2-3,6,10,25-34,37-38H2,1H3,(H,58,60,62)(H,61,67,68)/b20-19+. The third-order valence-corrected chi connectivity index (χ3v) is 14.1. The zero-order valence-corrected chi connectivity index (χ0v) is 39.6. The number of anilines is 1. The van der Waals surface area contributed by atoms with Gasteiger partial charge >= 0.3 is 0 Å². The number of carbonyl (C=O) groups excluding carboxylic acids is 4. The zero-order chi connectivity index (χ0) is 48.0. The number of nitrogens with zero attached hydrogens (tertiary/aromatic N) is 7. The SMILES string of the molecule is CNc1nc(-c2cnc3ccccc3c2)nc2c1CCN(C(=O)c1ccc(/C=C/c3ccc(C#CCN4CCN(CCCCCc5cccc6c5CN(C5CCC(=O)NC5=O)C6=O)CC4)cc3)cc1)C2. The summed E-state index contributed by atoms with van der Waals surface area (Å²) in [6.45, 7) is 7.36. The maximum atomic E-state index is 13.7. The number of aromatic nitrogens is 3. The molecule has 4 amide bonds. The van der Waals surface area contributed by atoms with Gasteiger partial charge in [0.25, 0.3) is 11.8 Å². The quantitative estimate of drug-likeness (QED) is 0.0527. The Hall–Kier alpha value is -7.53. The molecule has 13 nitrogen and oxygen atoms in total. The molecule has 0 radical (unpaired) electrons. The van der Waals surface area contributed by atoms with E-state index in [1.165, 1.54) is 5.56 Å². The van der Waals surface area contributed by atoms with Crippen molar-refractivity contribution in [3.05, 3.63) is 153 Å². The molecule has 6 heterocycles. The van der Waals surface area contributed by atoms with Crippen LogP contribution in [-0.2, 0) is 35.5 Å². The molecular weight excluding hydrogens is 875 g/mol. The fourth-order valence-electron chi connectivity index (χ4n) is 10.1. The molecule has 0 bridgehead atoms. The van der Waals surface area contributed by atoms with Gasteiger partial charge in [-0.15, -0.1) is 0 Å². The largest absolute Gasteiger partial charge is 0.373 e. The van der Waals surface area contributed by atoms with Crippen molar-refractivity contribution in [1.82, 2.24) is 39.9 Å². The predicted octanol–water partition coefficient (Wildman–Crippen LogP) is 7.25. The third kappa shape index (κ3) is 10.4. The molecule has 354 valence electrons. The minimum atomic E-state index is -0.585. The van der Waals surface area contributed by atoms with Crippen molar-refractivity contribution in [2.24, 2.45) is 0 Å². The Morgan fingerprint density at radius 3 is 2.36 bits per heavy atom. The molecule has 2 aromatic heterocycles. The van der Waals surface area contributed by atoms with Crippen LogP contribution in [-0.4, -0.2) is 117 Å². The summed E-state index contributed by atoms with van der Waals surface area (Å²) in [5.41, 5.74) is 10.3. The van der Waals surface area contributed by atoms with Gasteiger partial charge in [-0.05, 0) is 103 Å². The summed E-state index contributed by atoms with van der Waals surface area (Å²) in [4.78, 5) is 73.9. The summed E-state index contributed by atoms with van der Waals surface area (Å²) in [5, 5.41) is 6.66. The van der Waals surface area contributed by atoms with Crippen molar-refractivity contribution in [2.75, 3.05) is 58.2 Å². The molecule has 13 heteroatoms. The van der Waals surface area contributed by atoms with E-state index in [4.69, 9.17) is 9.97 Å². The van der Waals surface area contributed by atoms with E-state index in [2.05, 4.69) is 85.8 Å². The molecule has 1 unspecified atom stereocenters. The number of unbranched alkanes of at least 4 members (excludes halogenated alkanes) is 2. The third-order valence-electron chi connectivity index (χ3n) is 14.1. The lowest BCUT2D eigenvalue weighted by molar-refractivity contribution is -0.136. The molecule has 4 aromatic carbocycles. The lowest BCUT2D eigenvalue weighted by atomic mass is 9.98. The van der Waals surface area contributed by atoms with E-state index < -0.39 is 6.04 Å². The van der Waals surface area contributed by atoms with Crippen LogP contribution in [0.4, 0.5) is 5.82 Å². The highest BCUT2D eigenvalue weighted by atomic mass is 16.2. The van der Waals surface area contributed by atoms with Crippen molar-refractivity contribution >= 4 is 52.5 Å². The van der Waals surface area contributed by atoms with Gasteiger partial charge < -0.3 is 20.0 Å². The van der Waals surface area contributed by atoms with Gasteiger partial charge in [0.1, 0.15) is 11.9 Å². The lowest BCUT2D eigenvalue weighted by Gasteiger charge is -2.33. The van der Waals surface area contributed by atoms with Gasteiger partial charge in [-0.2, -0.15) is 0 Å². The minimum Gasteiger partial charge on any atom is -0.373 e. The number of piperazine rings is 1. The molecule has 2 fully saturated rings. The Balaban J connectivity index is 0.641. The van der Waals surface area contributed by atoms with E-state index in [1.54, 1.807) is 4.90 Å². The van der Waals surface area contributed by atoms with Crippen molar-refractivity contribution in [3.8, 4) is 23.2 Å². The number of para-hydroxylation sites is 1. The van der Waals surface area contributed by atoms with E-state index >= 15 is 0 Å². The molecular formula is C57H57N9O4. The monoisotopic (exact) mass is 931 g/mol. The predicted molar refractivity (Wildman–Crippen MR) is 272 cm³/mol. The topological polar surface area (TPSA) is 144 Å². The number of benzene rings is 4. The average molecular weight is 932 g/mol. The molecule has 4 aliphatic rings. The van der Waals surface area contributed by atoms with Crippen LogP contribution in [0.1, 0.15) is 91.9 Å². The summed E-state index contributed by atoms with van der Waals surface area (Å²) in [7, 11) is 1.87. The van der Waals surface area contributed by atoms with Crippen LogP contribution >= 0.6 is 0 Å². The molecule has 0 aliphatic carbocycles. The van der Waals surface area contributed by atoms with Crippen molar-refractivity contribution < 1.29 is 19.2 Å². The summed E-state index contributed by atoms with van der Waals surface area (Å²) in [6, 6.07) is 31.4. The number of rotatable bonds is 13. The van der Waals surface area contributed by atoms with E-state index in [0.717, 1.165) is 121 Å². The number of aryl methyl sites for hydroxylation is 1. The van der Waals surface area contributed by atoms with E-state index in [9.17, 15) is 19.2 Å². The molecule has 2 saturated heterocycles. The highest BCUT2D eigenvalue weighted by Crippen LogP contribution is 2.32. The smallest absolute Gasteiger partial charge is 0.255 e. The molecule has 1 atom stereocenters. The maximum absolute atomic E-state index is 13.7. The Labute approximate surface area is 409 Å². The fraction of sp³-hybridized carbons (Fsp3) is 0.316. The van der Waals surface area contributed by atoms with Crippen LogP contribution < -0.4 is 10.6 Å². The average Bonchev–Trinajstić information content (AvgIpc) is 3.73. The Kier molecular flexibility index (Phi) is 13.9. The van der Waals surface area contributed by atoms with Crippen LogP contribution in [0.5, 0.6) is 0 Å². The summed E-state index contributed by atoms with van der Waals surface area (Å²) in [6.07, 6.45) is 11.5. The summed E-state index contributed by atoms with van der Waals surface area (Å²) in [5.74, 6) is 7.34. The second-order valence-electron chi connectivity index (χ2n) is 18.6. The van der Waals surface area contributed by atoms with Gasteiger partial charge in [-0.3, -0.25) is 34.4 Å². The van der Waals surface area contributed by atoms with E-state index in [1.807, 2.05) is 78.8 Å². The first kappa shape index (κ1) is 46.2. The Morgan fingerprint density at radius 2 is 1.57 bits per heavy atom. The van der Waals surface area contributed by atoms with Gasteiger partial charge in [0.15, 0.2) is 5.82 Å². The number of pyridine rings is 1. The van der Waals surface area contributed by atoms with Crippen LogP contribution in [0.25, 0.3) is 34.4 Å². The Bertz CT molecular complexity index is 3040. The zero-order valence-electron chi connectivity index (χ0n) is 39.6. The lowest BCUT2D eigenvalue weighted by Crippen LogP contribution is -2.52. The molecule has 2 N–H and O–H groups in total. The van der Waals surface area contributed by atoms with E-state index in [-0.39, 0.29) is 30.0 Å². The normalized spacial score (nSPS) is 17.3. The number of fused-ring (bicyclic) bond motifs is 3. The number of hydrogen-bond donors (Lipinski definition) is 2. The van der Waals surface area contributed by atoms with Crippen LogP contribution in [0.3, 0.4) is 0 Å². The van der Waals surface area contributed by atoms with Gasteiger partial charge in [0.2, 0.25) is 11.8 Å². The molecule has 0 spiro atoms. The fourth-order valence-corrected chi connectivity index (χ4v) is 10.1. The number of amides is 4. The molecule has 70 heavy (non-hydrogen) atoms. The van der Waals surface area contributed by atoms with Crippen molar-refractivity contribution in [2.45, 2.75) is 64.1 Å². The summed E-state index contributed by atoms with van der Waals surface area (Å²) >= 11 is 0. The van der Waals surface area contributed by atoms with Crippen LogP contribution in [0.15, 0.2) is 103 Å². The molecule has 6 aromatic rings. The first-order chi connectivity index (χ1) is 34.3. The molecule has 0 saturated carbocycles. The van der Waals surface area contributed by atoms with Gasteiger partial charge in [-0.25, -0.2) is 9.97 Å². The van der Waals surface area contributed by atoms with Gasteiger partial charge in [0, 0.05) is 92.1 Å². The van der Waals surface area contributed by atoms with Gasteiger partial charge in [0.05, 0.1) is 24.3 Å². The Morgan fingerprint density at radius 1 is 0.800 bits per heavy atom. The molecule has 10 rings (SSSR count). The number of piperidine rings is 1. The summed E-state index contributed by atoms with van der Waals surface area (Å²) < 4.78 is 0. The van der Waals surface area contributed by atoms with Crippen LogP contribution in [0.2, 0.25) is 0 Å². The number of imide groups is 1. The number of hydrogen-bond acceptors (Lipinski definition) is 10. The second kappa shape index (κ2) is 21.0. The number of carbonyl (C=O) groups is 4. The highest BCUT2D eigenvalue weighted by Gasteiger charge is 2.39. The van der Waals surface area contributed by atoms with Crippen molar-refractivity contribution in [3.63, 3.8) is 0 Å². The maximum Gasteiger partial charge on any atom is 0.255 e. The first-order valence-electron chi connectivity index (χ1n) is 24.6. The van der Waals surface area contributed by atoms with Crippen LogP contribution in [0, 0.1) is 11.8 Å². The number of nitrogens with one attached hydrogen (secondary N) is 2. The second-order valence-corrected chi connectivity index (χ2v) is 18.6. The molecule has 4 aliphatic heterocycles. The van der Waals surface area contributed by atoms with E-state index in [0.29, 0.717) is 49.4 Å². The first-order valence-corrected chi connectivity index (χ1v) is 24.6. The highest BCUT2D eigenvalue weighted by molar-refractivity contribution is 6.05. The van der Waals surface area contributed by atoms with Crippen molar-refractivity contribution in [1.29, 1.82) is 0 Å².